The molecule has 0 nitrogen and oxygen atoms in total. The van der Waals surface area contributed by atoms with Crippen LogP contribution in [0.5, 0.6) is 0 Å². The van der Waals surface area contributed by atoms with Crippen molar-refractivity contribution in [3.8, 4) is 44.5 Å². The van der Waals surface area contributed by atoms with Crippen LogP contribution < -0.4 is 35.2 Å². The maximum Gasteiger partial charge on any atom is -1.00 e. The molecule has 84 heavy (non-hydrogen) atoms. The van der Waals surface area contributed by atoms with Crippen molar-refractivity contribution in [2.45, 2.75) is 55.5 Å². The van der Waals surface area contributed by atoms with Crippen molar-refractivity contribution in [3.05, 3.63) is 322 Å². The summed E-state index contributed by atoms with van der Waals surface area (Å²) in [6, 6.07) is 95.3. The van der Waals surface area contributed by atoms with Crippen molar-refractivity contribution in [2.24, 2.45) is 0 Å². The normalized spacial score (nSPS) is 16.5. The number of halogens is 2. The third-order valence-corrected chi connectivity index (χ3v) is 76.4. The first-order valence-corrected chi connectivity index (χ1v) is 52.3. The Bertz CT molecular complexity index is 3760. The molecule has 0 saturated heterocycles. The summed E-state index contributed by atoms with van der Waals surface area (Å²) in [5.41, 5.74) is 27.9. The minimum atomic E-state index is -2.58. The quantitative estimate of drug-likeness (QED) is 0.120. The van der Waals surface area contributed by atoms with Crippen LogP contribution in [0.2, 0.25) is 13.1 Å². The van der Waals surface area contributed by atoms with Gasteiger partial charge in [0.25, 0.3) is 0 Å². The zero-order chi connectivity index (χ0) is 55.8. The molecule has 10 aromatic carbocycles. The van der Waals surface area contributed by atoms with Crippen molar-refractivity contribution >= 4 is 45.7 Å². The molecule has 0 spiro atoms. The molecule has 4 aliphatic carbocycles. The Morgan fingerprint density at radius 1 is 0.250 bits per heavy atom. The molecule has 0 aliphatic heterocycles. The number of benzene rings is 10. The summed E-state index contributed by atoms with van der Waals surface area (Å²) in [5.74, 6) is 0. The third-order valence-electron chi connectivity index (χ3n) is 18.0. The molecule has 4 aliphatic rings. The van der Waals surface area contributed by atoms with Crippen LogP contribution in [0.4, 0.5) is 0 Å². The van der Waals surface area contributed by atoms with Gasteiger partial charge in [-0.3, -0.25) is 0 Å². The zero-order valence-corrected chi connectivity index (χ0v) is 59.3. The average molecular weight is 1490 g/mol. The number of rotatable bonds is 10. The molecule has 4 unspecified atom stereocenters. The molecule has 6 heteroatoms. The molecule has 0 bridgehead atoms. The largest absolute Gasteiger partial charge is 1.00 e. The second-order valence-corrected chi connectivity index (χ2v) is 67.0. The standard InChI is InChI=1S/4C16H13.2C7H8Si.2ClH.2Hf/c4*1-12-10-14-8-5-9-15(16(14)11-12)13-6-3-2-4-7-13;2*1-8-7-5-3-2-4-6-7;;;;/h4*2-11H,1H3;2*2-6H,1H3;2*1H;;/p-2. The molecule has 0 saturated carbocycles. The second kappa shape index (κ2) is 26.3. The Kier molecular flexibility index (Phi) is 18.6. The minimum Gasteiger partial charge on any atom is -1.00 e. The Morgan fingerprint density at radius 3 is 0.667 bits per heavy atom. The van der Waals surface area contributed by atoms with Crippen LogP contribution in [0, 0.1) is 0 Å². The molecule has 0 amide bonds. The summed E-state index contributed by atoms with van der Waals surface area (Å²) in [6.45, 7) is 15.0. The van der Waals surface area contributed by atoms with Crippen LogP contribution in [-0.4, -0.2) is 11.0 Å². The third kappa shape index (κ3) is 11.3. The van der Waals surface area contributed by atoms with E-state index >= 15 is 0 Å². The van der Waals surface area contributed by atoms with E-state index in [9.17, 15) is 0 Å². The van der Waals surface area contributed by atoms with E-state index in [0.29, 0.717) is 14.7 Å². The molecular formula is C78H68Cl2Hf2Si2-2. The SMILES string of the molecule is CC1=Cc2c(-c3ccccc3)cccc2[CH]1[Hf]([CH]1C(C)=Cc2c(-c3ccccc3)cccc21)=[Si](C)c1ccccc1.CC1=Cc2c(-c3ccccc3)cccc2[CH]1[Hf]([CH]1C(C)=Cc2c(-c3ccccc3)cccc21)=[Si](C)c1ccccc1.[Cl-].[Cl-]. The van der Waals surface area contributed by atoms with Gasteiger partial charge in [-0.1, -0.05) is 0 Å². The van der Waals surface area contributed by atoms with Gasteiger partial charge in [0, 0.05) is 0 Å². The van der Waals surface area contributed by atoms with Crippen LogP contribution in [0.1, 0.15) is 86.9 Å². The number of fused-ring (bicyclic) bond motifs is 4. The van der Waals surface area contributed by atoms with E-state index < -0.39 is 51.1 Å². The Balaban J connectivity index is 0.000000171. The molecule has 0 aromatic heterocycles. The van der Waals surface area contributed by atoms with Gasteiger partial charge in [-0.2, -0.15) is 0 Å². The maximum atomic E-state index is 2.65. The van der Waals surface area contributed by atoms with Crippen LogP contribution in [0.25, 0.3) is 68.8 Å². The average Bonchev–Trinajstić information content (AvgIpc) is 1.92. The van der Waals surface area contributed by atoms with Gasteiger partial charge in [0.2, 0.25) is 0 Å². The van der Waals surface area contributed by atoms with Gasteiger partial charge in [0.1, 0.15) is 0 Å². The van der Waals surface area contributed by atoms with Gasteiger partial charge < -0.3 is 24.8 Å². The van der Waals surface area contributed by atoms with Crippen molar-refractivity contribution in [3.63, 3.8) is 0 Å². The van der Waals surface area contributed by atoms with Crippen LogP contribution in [0.3, 0.4) is 0 Å². The number of allylic oxidation sites excluding steroid dienone is 4. The van der Waals surface area contributed by atoms with E-state index in [-0.39, 0.29) is 24.8 Å². The van der Waals surface area contributed by atoms with Crippen LogP contribution >= 0.6 is 0 Å². The minimum absolute atomic E-state index is 0. The van der Waals surface area contributed by atoms with E-state index in [1.165, 1.54) is 66.8 Å². The number of hydrogen-bond acceptors (Lipinski definition) is 0. The first-order chi connectivity index (χ1) is 40.2. The van der Waals surface area contributed by atoms with Crippen molar-refractivity contribution in [1.29, 1.82) is 0 Å². The maximum absolute atomic E-state index is 2.65. The molecule has 412 valence electrons. The predicted octanol–water partition coefficient (Wildman–Crippen LogP) is 13.6. The molecule has 4 atom stereocenters. The molecule has 10 aromatic rings. The van der Waals surface area contributed by atoms with E-state index in [2.05, 4.69) is 320 Å². The first-order valence-electron chi connectivity index (χ1n) is 29.2. The predicted molar refractivity (Wildman–Crippen MR) is 348 cm³/mol. The smallest absolute Gasteiger partial charge is 1.00 e. The first kappa shape index (κ1) is 59.6. The zero-order valence-electron chi connectivity index (χ0n) is 48.6. The van der Waals surface area contributed by atoms with E-state index in [1.807, 2.05) is 0 Å². The van der Waals surface area contributed by atoms with Gasteiger partial charge in [0.05, 0.1) is 0 Å². The molecular weight excluding hydrogens is 1420 g/mol. The fraction of sp³-hybridized carbons (Fsp3) is 0.128. The van der Waals surface area contributed by atoms with Gasteiger partial charge in [-0.05, 0) is 0 Å². The summed E-state index contributed by atoms with van der Waals surface area (Å²) < 4.78 is 2.38. The second-order valence-electron chi connectivity index (χ2n) is 22.9. The van der Waals surface area contributed by atoms with Crippen molar-refractivity contribution in [1.82, 2.24) is 0 Å². The summed E-state index contributed by atoms with van der Waals surface area (Å²) >= 11 is -5.15. The Labute approximate surface area is 526 Å². The molecule has 0 N–H and O–H groups in total. The van der Waals surface area contributed by atoms with Gasteiger partial charge in [0.15, 0.2) is 0 Å². The van der Waals surface area contributed by atoms with Crippen LogP contribution in [0.15, 0.2) is 277 Å². The van der Waals surface area contributed by atoms with Crippen molar-refractivity contribution < 1.29 is 64.9 Å². The van der Waals surface area contributed by atoms with Gasteiger partial charge >= 0.3 is 507 Å². The summed E-state index contributed by atoms with van der Waals surface area (Å²) in [5, 5.41) is 3.22. The monoisotopic (exact) mass is 1490 g/mol. The fourth-order valence-electron chi connectivity index (χ4n) is 14.2. The molecule has 0 fully saturated rings. The fourth-order valence-corrected chi connectivity index (χ4v) is 79.1. The van der Waals surface area contributed by atoms with E-state index in [1.54, 1.807) is 54.9 Å². The summed E-state index contributed by atoms with van der Waals surface area (Å²) in [7, 11) is 0. The number of hydrogen-bond donors (Lipinski definition) is 0. The topological polar surface area (TPSA) is 0 Å². The van der Waals surface area contributed by atoms with Gasteiger partial charge in [-0.15, -0.1) is 0 Å². The Hall–Kier alpha value is -6.09. The van der Waals surface area contributed by atoms with Crippen molar-refractivity contribution in [2.75, 3.05) is 0 Å². The summed E-state index contributed by atoms with van der Waals surface area (Å²) in [6.07, 6.45) is 10.2. The van der Waals surface area contributed by atoms with E-state index in [0.717, 1.165) is 0 Å². The van der Waals surface area contributed by atoms with Crippen LogP contribution in [-0.2, 0) is 40.1 Å². The summed E-state index contributed by atoms with van der Waals surface area (Å²) in [4.78, 5) is 0. The molecule has 0 heterocycles. The molecule has 14 rings (SSSR count). The van der Waals surface area contributed by atoms with Gasteiger partial charge in [-0.25, -0.2) is 0 Å². The molecule has 0 radical (unpaired) electrons. The Morgan fingerprint density at radius 2 is 0.452 bits per heavy atom. The van der Waals surface area contributed by atoms with E-state index in [4.69, 9.17) is 0 Å².